The van der Waals surface area contributed by atoms with E-state index in [-0.39, 0.29) is 11.7 Å². The van der Waals surface area contributed by atoms with Crippen molar-refractivity contribution in [2.45, 2.75) is 59.0 Å². The second-order valence-corrected chi connectivity index (χ2v) is 4.85. The Morgan fingerprint density at radius 3 is 2.57 bits per heavy atom. The zero-order chi connectivity index (χ0) is 15.9. The highest BCUT2D eigenvalue weighted by atomic mass is 16.5. The lowest BCUT2D eigenvalue weighted by atomic mass is 10.2. The highest BCUT2D eigenvalue weighted by molar-refractivity contribution is 5.92. The molecular formula is C16H27NO4. The van der Waals surface area contributed by atoms with Gasteiger partial charge in [-0.25, -0.2) is 4.79 Å². The van der Waals surface area contributed by atoms with Gasteiger partial charge in [0.1, 0.15) is 18.9 Å². The van der Waals surface area contributed by atoms with Crippen molar-refractivity contribution in [1.82, 2.24) is 0 Å². The standard InChI is InChI=1S/C16H27NO4/c1-4-6-7-8-10-20-14(3)12-19-13-15(11-17)16(18)21-9-5-2/h13-14H,4-10,12H2,1-3H3/b15-13+. The van der Waals surface area contributed by atoms with E-state index >= 15 is 0 Å². The SMILES string of the molecule is CCCCCCOC(C)CO/C=C(\C#N)C(=O)OCCC. The molecule has 1 atom stereocenters. The molecule has 0 fully saturated rings. The lowest BCUT2D eigenvalue weighted by Crippen LogP contribution is -2.16. The van der Waals surface area contributed by atoms with Gasteiger partial charge in [-0.2, -0.15) is 5.26 Å². The van der Waals surface area contributed by atoms with E-state index in [0.717, 1.165) is 12.7 Å². The number of carbonyl (C=O) groups excluding carboxylic acids is 1. The molecule has 0 aromatic carbocycles. The average molecular weight is 297 g/mol. The largest absolute Gasteiger partial charge is 0.497 e. The number of hydrogen-bond donors (Lipinski definition) is 0. The van der Waals surface area contributed by atoms with Crippen molar-refractivity contribution < 1.29 is 19.0 Å². The Morgan fingerprint density at radius 1 is 1.19 bits per heavy atom. The summed E-state index contributed by atoms with van der Waals surface area (Å²) in [6.07, 6.45) is 6.43. The number of ether oxygens (including phenoxy) is 3. The molecule has 0 heterocycles. The van der Waals surface area contributed by atoms with E-state index in [1.807, 2.05) is 13.8 Å². The Morgan fingerprint density at radius 2 is 1.95 bits per heavy atom. The van der Waals surface area contributed by atoms with Crippen LogP contribution in [0.3, 0.4) is 0 Å². The minimum absolute atomic E-state index is 0.0746. The number of nitriles is 1. The van der Waals surface area contributed by atoms with Crippen LogP contribution < -0.4 is 0 Å². The zero-order valence-corrected chi connectivity index (χ0v) is 13.4. The number of nitrogens with zero attached hydrogens (tertiary/aromatic N) is 1. The Balaban J connectivity index is 3.89. The molecule has 0 N–H and O–H groups in total. The van der Waals surface area contributed by atoms with Gasteiger partial charge >= 0.3 is 5.97 Å². The molecule has 0 aliphatic rings. The Kier molecular flexibility index (Phi) is 12.5. The molecule has 0 rings (SSSR count). The number of hydrogen-bond acceptors (Lipinski definition) is 5. The summed E-state index contributed by atoms with van der Waals surface area (Å²) in [5.41, 5.74) is -0.126. The number of carbonyl (C=O) groups is 1. The molecule has 21 heavy (non-hydrogen) atoms. The summed E-state index contributed by atoms with van der Waals surface area (Å²) in [7, 11) is 0. The van der Waals surface area contributed by atoms with Crippen molar-refractivity contribution in [1.29, 1.82) is 5.26 Å². The van der Waals surface area contributed by atoms with Crippen molar-refractivity contribution in [3.05, 3.63) is 11.8 Å². The predicted octanol–water partition coefficient (Wildman–Crippen LogP) is 3.35. The Bertz CT molecular complexity index is 347. The third kappa shape index (κ3) is 10.9. The van der Waals surface area contributed by atoms with Crippen molar-refractivity contribution in [3.63, 3.8) is 0 Å². The molecule has 5 heteroatoms. The van der Waals surface area contributed by atoms with Gasteiger partial charge in [-0.05, 0) is 19.8 Å². The molecule has 0 aromatic heterocycles. The van der Waals surface area contributed by atoms with Crippen LogP contribution in [0.5, 0.6) is 0 Å². The highest BCUT2D eigenvalue weighted by Crippen LogP contribution is 2.03. The third-order valence-electron chi connectivity index (χ3n) is 2.71. The van der Waals surface area contributed by atoms with Gasteiger partial charge in [-0.1, -0.05) is 33.1 Å². The summed E-state index contributed by atoms with van der Waals surface area (Å²) in [5.74, 6) is -0.646. The van der Waals surface area contributed by atoms with Gasteiger partial charge in [0.25, 0.3) is 0 Å². The van der Waals surface area contributed by atoms with Gasteiger partial charge in [0.05, 0.1) is 12.7 Å². The van der Waals surface area contributed by atoms with E-state index in [4.69, 9.17) is 19.5 Å². The van der Waals surface area contributed by atoms with Crippen LogP contribution in [0, 0.1) is 11.3 Å². The topological polar surface area (TPSA) is 68.5 Å². The first-order valence-corrected chi connectivity index (χ1v) is 7.66. The second-order valence-electron chi connectivity index (χ2n) is 4.85. The summed E-state index contributed by atoms with van der Waals surface area (Å²) in [6.45, 7) is 7.27. The number of unbranched alkanes of at least 4 members (excludes halogenated alkanes) is 3. The quantitative estimate of drug-likeness (QED) is 0.182. The summed E-state index contributed by atoms with van der Waals surface area (Å²) < 4.78 is 15.7. The molecule has 0 saturated heterocycles. The Hall–Kier alpha value is -1.54. The van der Waals surface area contributed by atoms with Crippen LogP contribution >= 0.6 is 0 Å². The molecule has 5 nitrogen and oxygen atoms in total. The molecule has 0 aliphatic heterocycles. The van der Waals surface area contributed by atoms with Crippen LogP contribution in [0.1, 0.15) is 52.9 Å². The van der Waals surface area contributed by atoms with E-state index in [2.05, 4.69) is 6.92 Å². The van der Waals surface area contributed by atoms with E-state index in [1.54, 1.807) is 6.07 Å². The van der Waals surface area contributed by atoms with Crippen LogP contribution in [-0.4, -0.2) is 31.9 Å². The van der Waals surface area contributed by atoms with E-state index < -0.39 is 5.97 Å². The maximum atomic E-state index is 11.5. The minimum Gasteiger partial charge on any atom is -0.497 e. The molecule has 0 saturated carbocycles. The maximum Gasteiger partial charge on any atom is 0.352 e. The van der Waals surface area contributed by atoms with Crippen LogP contribution in [0.2, 0.25) is 0 Å². The first-order chi connectivity index (χ1) is 10.2. The normalized spacial score (nSPS) is 12.6. The first-order valence-electron chi connectivity index (χ1n) is 7.66. The van der Waals surface area contributed by atoms with Gasteiger partial charge < -0.3 is 14.2 Å². The molecule has 120 valence electrons. The smallest absolute Gasteiger partial charge is 0.352 e. The number of rotatable bonds is 12. The van der Waals surface area contributed by atoms with E-state index in [9.17, 15) is 4.79 Å². The molecule has 0 aliphatic carbocycles. The third-order valence-corrected chi connectivity index (χ3v) is 2.71. The fourth-order valence-electron chi connectivity index (χ4n) is 1.52. The average Bonchev–Trinajstić information content (AvgIpc) is 2.49. The van der Waals surface area contributed by atoms with Gasteiger partial charge in [0.2, 0.25) is 0 Å². The molecular weight excluding hydrogens is 270 g/mol. The summed E-state index contributed by atoms with van der Waals surface area (Å²) in [6, 6.07) is 1.77. The summed E-state index contributed by atoms with van der Waals surface area (Å²) in [5, 5.41) is 8.85. The van der Waals surface area contributed by atoms with Crippen molar-refractivity contribution in [2.75, 3.05) is 19.8 Å². The van der Waals surface area contributed by atoms with Gasteiger partial charge in [-0.15, -0.1) is 0 Å². The Labute approximate surface area is 127 Å². The van der Waals surface area contributed by atoms with Crippen LogP contribution in [-0.2, 0) is 19.0 Å². The summed E-state index contributed by atoms with van der Waals surface area (Å²) in [4.78, 5) is 11.5. The predicted molar refractivity (Wildman–Crippen MR) is 80.5 cm³/mol. The molecule has 0 amide bonds. The second kappa shape index (κ2) is 13.4. The fraction of sp³-hybridized carbons (Fsp3) is 0.750. The maximum absolute atomic E-state index is 11.5. The van der Waals surface area contributed by atoms with Crippen LogP contribution in [0.15, 0.2) is 11.8 Å². The van der Waals surface area contributed by atoms with Crippen molar-refractivity contribution >= 4 is 5.97 Å². The highest BCUT2D eigenvalue weighted by Gasteiger charge is 2.11. The first kappa shape index (κ1) is 19.5. The lowest BCUT2D eigenvalue weighted by molar-refractivity contribution is -0.138. The molecule has 0 bridgehead atoms. The van der Waals surface area contributed by atoms with Crippen molar-refractivity contribution in [3.8, 4) is 6.07 Å². The van der Waals surface area contributed by atoms with Gasteiger partial charge in [0, 0.05) is 6.61 Å². The molecule has 0 spiro atoms. The molecule has 1 unspecified atom stereocenters. The molecule has 0 aromatic rings. The monoisotopic (exact) mass is 297 g/mol. The van der Waals surface area contributed by atoms with E-state index in [1.165, 1.54) is 19.3 Å². The van der Waals surface area contributed by atoms with E-state index in [0.29, 0.717) is 26.2 Å². The fourth-order valence-corrected chi connectivity index (χ4v) is 1.52. The molecule has 0 radical (unpaired) electrons. The van der Waals surface area contributed by atoms with Crippen LogP contribution in [0.25, 0.3) is 0 Å². The van der Waals surface area contributed by atoms with Crippen molar-refractivity contribution in [2.24, 2.45) is 0 Å². The minimum atomic E-state index is -0.646. The zero-order valence-electron chi connectivity index (χ0n) is 13.4. The lowest BCUT2D eigenvalue weighted by Gasteiger charge is -2.12. The number of esters is 1. The van der Waals surface area contributed by atoms with Gasteiger partial charge in [0.15, 0.2) is 5.57 Å². The summed E-state index contributed by atoms with van der Waals surface area (Å²) >= 11 is 0. The van der Waals surface area contributed by atoms with Crippen LogP contribution in [0.4, 0.5) is 0 Å². The van der Waals surface area contributed by atoms with Gasteiger partial charge in [-0.3, -0.25) is 0 Å².